The van der Waals surface area contributed by atoms with Gasteiger partial charge in [-0.3, -0.25) is 0 Å². The lowest BCUT2D eigenvalue weighted by Gasteiger charge is -2.33. The Balaban J connectivity index is 1.85. The molecule has 3 rings (SSSR count). The van der Waals surface area contributed by atoms with Crippen molar-refractivity contribution >= 4 is 0 Å². The van der Waals surface area contributed by atoms with Gasteiger partial charge in [0, 0.05) is 0 Å². The van der Waals surface area contributed by atoms with E-state index in [-0.39, 0.29) is 0 Å². The van der Waals surface area contributed by atoms with Crippen LogP contribution in [0.2, 0.25) is 0 Å². The molecule has 0 saturated heterocycles. The molecule has 0 radical (unpaired) electrons. The molecule has 0 heteroatoms. The predicted molar refractivity (Wildman–Crippen MR) is 106 cm³/mol. The average molecular weight is 329 g/mol. The molecule has 5 unspecified atom stereocenters. The highest BCUT2D eigenvalue weighted by molar-refractivity contribution is 5.37. The first-order chi connectivity index (χ1) is 11.6. The van der Waals surface area contributed by atoms with E-state index in [1.54, 1.807) is 5.57 Å². The Morgan fingerprint density at radius 2 is 1.75 bits per heavy atom. The molecule has 0 aliphatic heterocycles. The maximum absolute atomic E-state index is 4.59. The van der Waals surface area contributed by atoms with Crippen LogP contribution in [0.1, 0.15) is 91.4 Å². The molecule has 3 fully saturated rings. The van der Waals surface area contributed by atoms with Gasteiger partial charge in [-0.25, -0.2) is 0 Å². The van der Waals surface area contributed by atoms with Crippen LogP contribution in [0.5, 0.6) is 0 Å². The number of allylic oxidation sites excluding steroid dienone is 3. The van der Waals surface area contributed by atoms with Crippen molar-refractivity contribution in [2.75, 3.05) is 0 Å². The number of hydrogen-bond acceptors (Lipinski definition) is 0. The van der Waals surface area contributed by atoms with Gasteiger partial charge >= 0.3 is 0 Å². The third-order valence-corrected chi connectivity index (χ3v) is 8.02. The lowest BCUT2D eigenvalue weighted by atomic mass is 9.71. The minimum absolute atomic E-state index is 0.773. The fraction of sp³-hybridized carbons (Fsp3) is 0.833. The van der Waals surface area contributed by atoms with E-state index in [9.17, 15) is 0 Å². The molecule has 0 nitrogen and oxygen atoms in total. The zero-order valence-corrected chi connectivity index (χ0v) is 16.5. The molecule has 0 spiro atoms. The molecule has 0 aromatic carbocycles. The molecule has 0 N–H and O–H groups in total. The van der Waals surface area contributed by atoms with Crippen molar-refractivity contribution in [3.63, 3.8) is 0 Å². The average Bonchev–Trinajstić information content (AvgIpc) is 2.76. The summed E-state index contributed by atoms with van der Waals surface area (Å²) < 4.78 is 0. The van der Waals surface area contributed by atoms with Gasteiger partial charge in [0.25, 0.3) is 0 Å². The van der Waals surface area contributed by atoms with Crippen LogP contribution in [0.25, 0.3) is 0 Å². The van der Waals surface area contributed by atoms with E-state index in [0.29, 0.717) is 0 Å². The van der Waals surface area contributed by atoms with Crippen LogP contribution in [-0.2, 0) is 0 Å². The van der Waals surface area contributed by atoms with Crippen molar-refractivity contribution < 1.29 is 0 Å². The summed E-state index contributed by atoms with van der Waals surface area (Å²) in [5, 5.41) is 0. The molecular formula is C24H40. The van der Waals surface area contributed by atoms with Crippen LogP contribution in [0, 0.1) is 35.5 Å². The molecule has 6 atom stereocenters. The third kappa shape index (κ3) is 3.83. The van der Waals surface area contributed by atoms with Crippen LogP contribution >= 0.6 is 0 Å². The zero-order valence-electron chi connectivity index (χ0n) is 16.5. The van der Waals surface area contributed by atoms with E-state index in [0.717, 1.165) is 35.5 Å². The second-order valence-corrected chi connectivity index (χ2v) is 9.27. The van der Waals surface area contributed by atoms with Crippen LogP contribution in [0.4, 0.5) is 0 Å². The summed E-state index contributed by atoms with van der Waals surface area (Å²) in [4.78, 5) is 0. The van der Waals surface area contributed by atoms with Crippen molar-refractivity contribution in [3.8, 4) is 0 Å². The van der Waals surface area contributed by atoms with Crippen LogP contribution in [0.3, 0.4) is 0 Å². The maximum Gasteiger partial charge on any atom is -0.0105 e. The maximum atomic E-state index is 4.59. The summed E-state index contributed by atoms with van der Waals surface area (Å²) in [5.74, 6) is 5.47. The molecule has 2 bridgehead atoms. The molecule has 0 amide bonds. The summed E-state index contributed by atoms with van der Waals surface area (Å²) in [7, 11) is 0. The molecule has 3 aliphatic carbocycles. The van der Waals surface area contributed by atoms with Crippen LogP contribution in [-0.4, -0.2) is 0 Å². The lowest BCUT2D eigenvalue weighted by Crippen LogP contribution is -2.25. The van der Waals surface area contributed by atoms with E-state index in [1.807, 2.05) is 0 Å². The molecule has 0 heterocycles. The predicted octanol–water partition coefficient (Wildman–Crippen LogP) is 7.56. The van der Waals surface area contributed by atoms with Crippen molar-refractivity contribution in [1.29, 1.82) is 0 Å². The van der Waals surface area contributed by atoms with Crippen molar-refractivity contribution in [1.82, 2.24) is 0 Å². The van der Waals surface area contributed by atoms with Gasteiger partial charge in [0.05, 0.1) is 0 Å². The van der Waals surface area contributed by atoms with E-state index in [1.165, 1.54) is 76.2 Å². The fourth-order valence-electron chi connectivity index (χ4n) is 6.34. The third-order valence-electron chi connectivity index (χ3n) is 8.02. The highest BCUT2D eigenvalue weighted by atomic mass is 14.5. The van der Waals surface area contributed by atoms with Crippen molar-refractivity contribution in [2.24, 2.45) is 35.5 Å². The smallest absolute Gasteiger partial charge is 0.0105 e. The number of fused-ring (bicyclic) bond motifs is 5. The van der Waals surface area contributed by atoms with Gasteiger partial charge in [0.1, 0.15) is 0 Å². The summed E-state index contributed by atoms with van der Waals surface area (Å²) >= 11 is 0. The molecule has 3 saturated carbocycles. The normalized spacial score (nSPS) is 43.1. The highest BCUT2D eigenvalue weighted by Crippen LogP contribution is 2.52. The Morgan fingerprint density at radius 1 is 1.00 bits per heavy atom. The van der Waals surface area contributed by atoms with Crippen molar-refractivity contribution in [2.45, 2.75) is 91.4 Å². The zero-order chi connectivity index (χ0) is 17.1. The summed E-state index contributed by atoms with van der Waals surface area (Å²) in [6.07, 6.45) is 18.5. The van der Waals surface area contributed by atoms with Gasteiger partial charge < -0.3 is 0 Å². The van der Waals surface area contributed by atoms with E-state index in [4.69, 9.17) is 0 Å². The van der Waals surface area contributed by atoms with Crippen LogP contribution in [0.15, 0.2) is 23.8 Å². The Labute approximate surface area is 151 Å². The lowest BCUT2D eigenvalue weighted by molar-refractivity contribution is 0.186. The van der Waals surface area contributed by atoms with Gasteiger partial charge in [-0.05, 0) is 72.8 Å². The first-order valence-corrected chi connectivity index (χ1v) is 11.0. The minimum Gasteiger partial charge on any atom is -0.0953 e. The molecule has 3 aliphatic rings. The number of rotatable bonds is 1. The molecule has 0 aromatic rings. The largest absolute Gasteiger partial charge is 0.0953 e. The molecule has 0 aromatic heterocycles. The van der Waals surface area contributed by atoms with Gasteiger partial charge in [0.2, 0.25) is 0 Å². The first kappa shape index (κ1) is 18.3. The number of hydrogen-bond donors (Lipinski definition) is 0. The summed E-state index contributed by atoms with van der Waals surface area (Å²) in [5.41, 5.74) is 3.11. The Hall–Kier alpha value is -0.520. The Morgan fingerprint density at radius 3 is 2.50 bits per heavy atom. The van der Waals surface area contributed by atoms with E-state index in [2.05, 4.69) is 33.4 Å². The van der Waals surface area contributed by atoms with E-state index >= 15 is 0 Å². The standard InChI is InChI=1S/C24H40/c1-5-19-11-10-17(3)24-18(4)21(6-2)16-23(24)22-9-7-8-20(13-12-19)14-15-22/h6,17,19-20,22-24H,4-5,7-16H2,1-3H3/b21-6-/t17?,19?,20?,22?,23?,24-/m1/s1. The molecular weight excluding hydrogens is 288 g/mol. The van der Waals surface area contributed by atoms with Gasteiger partial charge in [-0.15, -0.1) is 0 Å². The van der Waals surface area contributed by atoms with Crippen LogP contribution < -0.4 is 0 Å². The fourth-order valence-corrected chi connectivity index (χ4v) is 6.34. The molecule has 24 heavy (non-hydrogen) atoms. The van der Waals surface area contributed by atoms with E-state index < -0.39 is 0 Å². The van der Waals surface area contributed by atoms with Gasteiger partial charge in [0.15, 0.2) is 0 Å². The highest BCUT2D eigenvalue weighted by Gasteiger charge is 2.41. The SMILES string of the molecule is C=C1/C(=C\C)CC2C3CCCC(CCC(CC)CCC(C)[C@H]12)CC3. The van der Waals surface area contributed by atoms with Crippen molar-refractivity contribution in [3.05, 3.63) is 23.8 Å². The second-order valence-electron chi connectivity index (χ2n) is 9.27. The monoisotopic (exact) mass is 328 g/mol. The Kier molecular flexibility index (Phi) is 6.27. The first-order valence-electron chi connectivity index (χ1n) is 11.0. The second kappa shape index (κ2) is 8.24. The summed E-state index contributed by atoms with van der Waals surface area (Å²) in [6.45, 7) is 11.8. The quantitative estimate of drug-likeness (QED) is 0.466. The minimum atomic E-state index is 0.773. The molecule has 136 valence electrons. The van der Waals surface area contributed by atoms with Gasteiger partial charge in [-0.2, -0.15) is 0 Å². The Bertz CT molecular complexity index is 457. The van der Waals surface area contributed by atoms with Gasteiger partial charge in [-0.1, -0.05) is 77.9 Å². The topological polar surface area (TPSA) is 0 Å². The summed E-state index contributed by atoms with van der Waals surface area (Å²) in [6, 6.07) is 0.